The molecule has 4 heteroatoms. The molecule has 88 valence electrons. The standard InChI is InChI=1S/C12H18FN3/c1-9-5-6-10(7-11(9)13)8-15-12(14-2)16(3)4/h5-7H,8H2,1-4H3,(H,14,15). The molecule has 0 aliphatic heterocycles. The van der Waals surface area contributed by atoms with Gasteiger partial charge >= 0.3 is 0 Å². The molecular formula is C12H18FN3. The molecule has 1 rings (SSSR count). The summed E-state index contributed by atoms with van der Waals surface area (Å²) in [6.07, 6.45) is 0. The number of halogens is 1. The summed E-state index contributed by atoms with van der Waals surface area (Å²) in [5, 5.41) is 3.14. The number of hydrogen-bond acceptors (Lipinski definition) is 1. The lowest BCUT2D eigenvalue weighted by molar-refractivity contribution is 0.581. The van der Waals surface area contributed by atoms with Crippen LogP contribution in [0.4, 0.5) is 4.39 Å². The summed E-state index contributed by atoms with van der Waals surface area (Å²) in [5.74, 6) is 0.611. The highest BCUT2D eigenvalue weighted by atomic mass is 19.1. The molecule has 3 nitrogen and oxygen atoms in total. The molecule has 0 fully saturated rings. The molecule has 0 bridgehead atoms. The first-order valence-corrected chi connectivity index (χ1v) is 5.17. The van der Waals surface area contributed by atoms with Gasteiger partial charge in [0.2, 0.25) is 0 Å². The van der Waals surface area contributed by atoms with Gasteiger partial charge in [0, 0.05) is 27.7 Å². The number of aryl methyl sites for hydroxylation is 1. The maximum absolute atomic E-state index is 13.3. The van der Waals surface area contributed by atoms with Gasteiger partial charge in [0.1, 0.15) is 5.82 Å². The van der Waals surface area contributed by atoms with Crippen molar-refractivity contribution >= 4 is 5.96 Å². The van der Waals surface area contributed by atoms with E-state index < -0.39 is 0 Å². The van der Waals surface area contributed by atoms with Gasteiger partial charge in [-0.3, -0.25) is 4.99 Å². The third-order valence-corrected chi connectivity index (χ3v) is 2.32. The predicted octanol–water partition coefficient (Wildman–Crippen LogP) is 1.77. The molecule has 0 heterocycles. The zero-order valence-electron chi connectivity index (χ0n) is 10.2. The van der Waals surface area contributed by atoms with Crippen LogP contribution in [0.2, 0.25) is 0 Å². The molecule has 0 amide bonds. The fourth-order valence-corrected chi connectivity index (χ4v) is 1.36. The van der Waals surface area contributed by atoms with E-state index in [2.05, 4.69) is 10.3 Å². The minimum Gasteiger partial charge on any atom is -0.352 e. The predicted molar refractivity (Wildman–Crippen MR) is 65.0 cm³/mol. The molecule has 1 aromatic rings. The normalized spacial score (nSPS) is 11.4. The number of guanidine groups is 1. The third kappa shape index (κ3) is 3.22. The SMILES string of the molecule is CN=C(NCc1ccc(C)c(F)c1)N(C)C. The topological polar surface area (TPSA) is 27.6 Å². The molecule has 0 atom stereocenters. The number of aliphatic imine (C=N–C) groups is 1. The number of hydrogen-bond donors (Lipinski definition) is 1. The summed E-state index contributed by atoms with van der Waals surface area (Å²) < 4.78 is 13.3. The van der Waals surface area contributed by atoms with Gasteiger partial charge in [-0.15, -0.1) is 0 Å². The molecule has 0 aliphatic carbocycles. The van der Waals surface area contributed by atoms with Gasteiger partial charge in [-0.25, -0.2) is 4.39 Å². The van der Waals surface area contributed by atoms with Gasteiger partial charge in [-0.1, -0.05) is 12.1 Å². The molecule has 0 saturated heterocycles. The quantitative estimate of drug-likeness (QED) is 0.611. The van der Waals surface area contributed by atoms with Crippen molar-refractivity contribution in [3.05, 3.63) is 35.1 Å². The lowest BCUT2D eigenvalue weighted by Gasteiger charge is -2.16. The van der Waals surface area contributed by atoms with Crippen LogP contribution < -0.4 is 5.32 Å². The van der Waals surface area contributed by atoms with Crippen molar-refractivity contribution in [3.63, 3.8) is 0 Å². The Kier molecular flexibility index (Phi) is 4.28. The summed E-state index contributed by atoms with van der Waals surface area (Å²) in [6.45, 7) is 2.33. The number of nitrogens with zero attached hydrogens (tertiary/aromatic N) is 2. The van der Waals surface area contributed by atoms with Gasteiger partial charge in [-0.2, -0.15) is 0 Å². The van der Waals surface area contributed by atoms with Crippen molar-refractivity contribution in [1.29, 1.82) is 0 Å². The van der Waals surface area contributed by atoms with Crippen molar-refractivity contribution in [1.82, 2.24) is 10.2 Å². The highest BCUT2D eigenvalue weighted by Gasteiger charge is 2.02. The van der Waals surface area contributed by atoms with Crippen LogP contribution in [0.5, 0.6) is 0 Å². The highest BCUT2D eigenvalue weighted by molar-refractivity contribution is 5.79. The first-order chi connectivity index (χ1) is 7.54. The first-order valence-electron chi connectivity index (χ1n) is 5.17. The minimum atomic E-state index is -0.167. The summed E-state index contributed by atoms with van der Waals surface area (Å²) in [7, 11) is 5.54. The van der Waals surface area contributed by atoms with Crippen LogP contribution in [0, 0.1) is 12.7 Å². The van der Waals surface area contributed by atoms with Crippen molar-refractivity contribution in [2.45, 2.75) is 13.5 Å². The zero-order chi connectivity index (χ0) is 12.1. The van der Waals surface area contributed by atoms with Crippen LogP contribution in [0.1, 0.15) is 11.1 Å². The average Bonchev–Trinajstić information content (AvgIpc) is 2.23. The van der Waals surface area contributed by atoms with Crippen LogP contribution in [0.3, 0.4) is 0 Å². The Labute approximate surface area is 96.0 Å². The lowest BCUT2D eigenvalue weighted by atomic mass is 10.1. The van der Waals surface area contributed by atoms with Crippen LogP contribution >= 0.6 is 0 Å². The fourth-order valence-electron chi connectivity index (χ4n) is 1.36. The second-order valence-corrected chi connectivity index (χ2v) is 3.88. The van der Waals surface area contributed by atoms with E-state index >= 15 is 0 Å². The smallest absolute Gasteiger partial charge is 0.193 e. The van der Waals surface area contributed by atoms with Crippen LogP contribution in [0.15, 0.2) is 23.2 Å². The van der Waals surface area contributed by atoms with Crippen molar-refractivity contribution in [3.8, 4) is 0 Å². The molecule has 0 unspecified atom stereocenters. The summed E-state index contributed by atoms with van der Waals surface area (Å²) in [4.78, 5) is 5.96. The Morgan fingerprint density at radius 1 is 1.44 bits per heavy atom. The Morgan fingerprint density at radius 2 is 2.12 bits per heavy atom. The monoisotopic (exact) mass is 223 g/mol. The Hall–Kier alpha value is -1.58. The lowest BCUT2D eigenvalue weighted by Crippen LogP contribution is -2.35. The maximum atomic E-state index is 13.3. The van der Waals surface area contributed by atoms with Crippen molar-refractivity contribution in [2.24, 2.45) is 4.99 Å². The molecule has 0 spiro atoms. The van der Waals surface area contributed by atoms with E-state index in [9.17, 15) is 4.39 Å². The first kappa shape index (κ1) is 12.5. The van der Waals surface area contributed by atoms with Crippen LogP contribution in [0.25, 0.3) is 0 Å². The van der Waals surface area contributed by atoms with E-state index in [0.717, 1.165) is 11.5 Å². The summed E-state index contributed by atoms with van der Waals surface area (Å²) >= 11 is 0. The largest absolute Gasteiger partial charge is 0.352 e. The van der Waals surface area contributed by atoms with E-state index in [0.29, 0.717) is 12.1 Å². The molecule has 0 saturated carbocycles. The van der Waals surface area contributed by atoms with E-state index in [1.165, 1.54) is 0 Å². The van der Waals surface area contributed by atoms with Gasteiger partial charge < -0.3 is 10.2 Å². The molecule has 0 radical (unpaired) electrons. The average molecular weight is 223 g/mol. The molecule has 0 aliphatic rings. The molecule has 0 aromatic heterocycles. The number of nitrogens with one attached hydrogen (secondary N) is 1. The fraction of sp³-hybridized carbons (Fsp3) is 0.417. The van der Waals surface area contributed by atoms with Crippen molar-refractivity contribution < 1.29 is 4.39 Å². The Balaban J connectivity index is 2.64. The zero-order valence-corrected chi connectivity index (χ0v) is 10.2. The third-order valence-electron chi connectivity index (χ3n) is 2.32. The molecule has 1 aromatic carbocycles. The van der Waals surface area contributed by atoms with Crippen molar-refractivity contribution in [2.75, 3.05) is 21.1 Å². The van der Waals surface area contributed by atoms with Crippen LogP contribution in [-0.2, 0) is 6.54 Å². The molecule has 1 N–H and O–H groups in total. The number of rotatable bonds is 2. The van der Waals surface area contributed by atoms with E-state index in [1.54, 1.807) is 26.1 Å². The maximum Gasteiger partial charge on any atom is 0.193 e. The van der Waals surface area contributed by atoms with Gasteiger partial charge in [0.05, 0.1) is 0 Å². The second-order valence-electron chi connectivity index (χ2n) is 3.88. The Bertz CT molecular complexity index is 386. The van der Waals surface area contributed by atoms with E-state index in [1.807, 2.05) is 25.1 Å². The minimum absolute atomic E-state index is 0.167. The van der Waals surface area contributed by atoms with Gasteiger partial charge in [0.15, 0.2) is 5.96 Å². The molecule has 16 heavy (non-hydrogen) atoms. The summed E-state index contributed by atoms with van der Waals surface area (Å²) in [6, 6.07) is 5.24. The second kappa shape index (κ2) is 5.49. The van der Waals surface area contributed by atoms with Crippen LogP contribution in [-0.4, -0.2) is 32.0 Å². The highest BCUT2D eigenvalue weighted by Crippen LogP contribution is 2.08. The number of benzene rings is 1. The van der Waals surface area contributed by atoms with E-state index in [-0.39, 0.29) is 5.82 Å². The van der Waals surface area contributed by atoms with Gasteiger partial charge in [-0.05, 0) is 24.1 Å². The van der Waals surface area contributed by atoms with Gasteiger partial charge in [0.25, 0.3) is 0 Å². The van der Waals surface area contributed by atoms with E-state index in [4.69, 9.17) is 0 Å². The molecular weight excluding hydrogens is 205 g/mol. The summed E-state index contributed by atoms with van der Waals surface area (Å²) in [5.41, 5.74) is 1.58. The Morgan fingerprint density at radius 3 is 2.62 bits per heavy atom.